The SMILES string of the molecule is C=C(C)CN(C)S(=O)(=O)CCCNC. The maximum atomic E-state index is 11.6. The van der Waals surface area contributed by atoms with Crippen molar-refractivity contribution in [3.8, 4) is 0 Å². The van der Waals surface area contributed by atoms with Crippen molar-refractivity contribution in [2.24, 2.45) is 0 Å². The molecule has 0 amide bonds. The monoisotopic (exact) mass is 220 g/mol. The number of rotatable bonds is 7. The number of hydrogen-bond acceptors (Lipinski definition) is 3. The Morgan fingerprint density at radius 3 is 2.50 bits per heavy atom. The number of hydrogen-bond donors (Lipinski definition) is 1. The Kier molecular flexibility index (Phi) is 5.99. The van der Waals surface area contributed by atoms with Crippen LogP contribution >= 0.6 is 0 Å². The van der Waals surface area contributed by atoms with Crippen molar-refractivity contribution in [1.29, 1.82) is 0 Å². The summed E-state index contributed by atoms with van der Waals surface area (Å²) in [6, 6.07) is 0. The van der Waals surface area contributed by atoms with Crippen molar-refractivity contribution in [3.05, 3.63) is 12.2 Å². The van der Waals surface area contributed by atoms with Gasteiger partial charge < -0.3 is 5.32 Å². The van der Waals surface area contributed by atoms with Crippen LogP contribution in [0.3, 0.4) is 0 Å². The van der Waals surface area contributed by atoms with Gasteiger partial charge in [0.15, 0.2) is 0 Å². The molecule has 0 radical (unpaired) electrons. The zero-order valence-corrected chi connectivity index (χ0v) is 10.0. The van der Waals surface area contributed by atoms with Crippen LogP contribution in [0.4, 0.5) is 0 Å². The van der Waals surface area contributed by atoms with E-state index in [1.165, 1.54) is 4.31 Å². The van der Waals surface area contributed by atoms with E-state index in [4.69, 9.17) is 0 Å². The summed E-state index contributed by atoms with van der Waals surface area (Å²) < 4.78 is 24.5. The first kappa shape index (κ1) is 13.6. The Labute approximate surface area is 87.0 Å². The van der Waals surface area contributed by atoms with Crippen LogP contribution < -0.4 is 5.32 Å². The average Bonchev–Trinajstić information content (AvgIpc) is 2.03. The molecule has 0 atom stereocenters. The molecule has 0 unspecified atom stereocenters. The Morgan fingerprint density at radius 1 is 1.50 bits per heavy atom. The van der Waals surface area contributed by atoms with Gasteiger partial charge in [-0.05, 0) is 26.9 Å². The zero-order chi connectivity index (χ0) is 11.2. The minimum Gasteiger partial charge on any atom is -0.320 e. The molecule has 5 heteroatoms. The molecule has 0 spiro atoms. The van der Waals surface area contributed by atoms with Crippen molar-refractivity contribution < 1.29 is 8.42 Å². The third kappa shape index (κ3) is 5.36. The molecule has 0 aliphatic heterocycles. The number of nitrogens with one attached hydrogen (secondary N) is 1. The van der Waals surface area contributed by atoms with Crippen LogP contribution in [-0.2, 0) is 10.0 Å². The van der Waals surface area contributed by atoms with Gasteiger partial charge in [-0.1, -0.05) is 12.2 Å². The molecule has 0 bridgehead atoms. The van der Waals surface area contributed by atoms with Crippen LogP contribution in [0.1, 0.15) is 13.3 Å². The normalized spacial score (nSPS) is 12.0. The molecule has 0 rings (SSSR count). The molecular weight excluding hydrogens is 200 g/mol. The predicted molar refractivity (Wildman–Crippen MR) is 59.8 cm³/mol. The molecule has 0 fully saturated rings. The lowest BCUT2D eigenvalue weighted by molar-refractivity contribution is 0.490. The van der Waals surface area contributed by atoms with Gasteiger partial charge in [0, 0.05) is 13.6 Å². The van der Waals surface area contributed by atoms with E-state index in [-0.39, 0.29) is 5.75 Å². The lowest BCUT2D eigenvalue weighted by Crippen LogP contribution is -2.31. The average molecular weight is 220 g/mol. The molecule has 1 N–H and O–H groups in total. The fourth-order valence-corrected chi connectivity index (χ4v) is 2.30. The van der Waals surface area contributed by atoms with Crippen LogP contribution in [0.25, 0.3) is 0 Å². The Hall–Kier alpha value is -0.390. The number of likely N-dealkylation sites (N-methyl/N-ethyl adjacent to an activating group) is 1. The van der Waals surface area contributed by atoms with Gasteiger partial charge >= 0.3 is 0 Å². The zero-order valence-electron chi connectivity index (χ0n) is 9.21. The van der Waals surface area contributed by atoms with Crippen LogP contribution in [0.15, 0.2) is 12.2 Å². The summed E-state index contributed by atoms with van der Waals surface area (Å²) in [7, 11) is 0.301. The first-order valence-corrected chi connectivity index (χ1v) is 6.24. The van der Waals surface area contributed by atoms with Crippen LogP contribution in [0.5, 0.6) is 0 Å². The second-order valence-corrected chi connectivity index (χ2v) is 5.68. The fourth-order valence-electron chi connectivity index (χ4n) is 1.07. The molecule has 14 heavy (non-hydrogen) atoms. The lowest BCUT2D eigenvalue weighted by atomic mass is 10.4. The predicted octanol–water partition coefficient (Wildman–Crippen LogP) is 0.434. The minimum atomic E-state index is -3.10. The minimum absolute atomic E-state index is 0.192. The summed E-state index contributed by atoms with van der Waals surface area (Å²) in [5, 5.41) is 2.92. The van der Waals surface area contributed by atoms with Gasteiger partial charge in [0.1, 0.15) is 0 Å². The Morgan fingerprint density at radius 2 is 2.07 bits per heavy atom. The highest BCUT2D eigenvalue weighted by Gasteiger charge is 2.16. The van der Waals surface area contributed by atoms with E-state index in [1.807, 2.05) is 14.0 Å². The van der Waals surface area contributed by atoms with E-state index < -0.39 is 10.0 Å². The first-order chi connectivity index (χ1) is 6.40. The molecule has 84 valence electrons. The molecular formula is C9H20N2O2S. The van der Waals surface area contributed by atoms with Crippen LogP contribution in [0, 0.1) is 0 Å². The molecule has 0 saturated heterocycles. The molecule has 0 saturated carbocycles. The van der Waals surface area contributed by atoms with Gasteiger partial charge in [-0.3, -0.25) is 0 Å². The molecule has 4 nitrogen and oxygen atoms in total. The van der Waals surface area contributed by atoms with Gasteiger partial charge in [0.25, 0.3) is 0 Å². The highest BCUT2D eigenvalue weighted by atomic mass is 32.2. The summed E-state index contributed by atoms with van der Waals surface area (Å²) in [5.41, 5.74) is 0.852. The summed E-state index contributed by atoms with van der Waals surface area (Å²) in [6.45, 7) is 6.63. The lowest BCUT2D eigenvalue weighted by Gasteiger charge is -2.16. The van der Waals surface area contributed by atoms with E-state index in [0.717, 1.165) is 12.1 Å². The maximum Gasteiger partial charge on any atom is 0.214 e. The summed E-state index contributed by atoms with van der Waals surface area (Å²) >= 11 is 0. The smallest absolute Gasteiger partial charge is 0.214 e. The number of sulfonamides is 1. The van der Waals surface area contributed by atoms with E-state index in [0.29, 0.717) is 13.0 Å². The van der Waals surface area contributed by atoms with E-state index in [9.17, 15) is 8.42 Å². The van der Waals surface area contributed by atoms with E-state index in [2.05, 4.69) is 11.9 Å². The van der Waals surface area contributed by atoms with Crippen molar-refractivity contribution in [2.45, 2.75) is 13.3 Å². The van der Waals surface area contributed by atoms with Gasteiger partial charge in [0.05, 0.1) is 5.75 Å². The molecule has 0 aliphatic carbocycles. The second-order valence-electron chi connectivity index (χ2n) is 3.49. The highest BCUT2D eigenvalue weighted by Crippen LogP contribution is 2.02. The van der Waals surface area contributed by atoms with Crippen molar-refractivity contribution >= 4 is 10.0 Å². The molecule has 0 aromatic rings. The molecule has 0 aromatic heterocycles. The quantitative estimate of drug-likeness (QED) is 0.500. The fraction of sp³-hybridized carbons (Fsp3) is 0.778. The Bertz CT molecular complexity index is 273. The topological polar surface area (TPSA) is 49.4 Å². The third-order valence-corrected chi connectivity index (χ3v) is 3.68. The van der Waals surface area contributed by atoms with Gasteiger partial charge in [-0.25, -0.2) is 12.7 Å². The standard InChI is InChI=1S/C9H20N2O2S/c1-9(2)8-11(4)14(12,13)7-5-6-10-3/h10H,1,5-8H2,2-4H3. The van der Waals surface area contributed by atoms with E-state index >= 15 is 0 Å². The summed E-state index contributed by atoms with van der Waals surface area (Å²) in [4.78, 5) is 0. The largest absolute Gasteiger partial charge is 0.320 e. The van der Waals surface area contributed by atoms with Gasteiger partial charge in [0.2, 0.25) is 10.0 Å². The maximum absolute atomic E-state index is 11.6. The third-order valence-electron chi connectivity index (χ3n) is 1.80. The van der Waals surface area contributed by atoms with Gasteiger partial charge in [-0.2, -0.15) is 0 Å². The van der Waals surface area contributed by atoms with Crippen LogP contribution in [-0.4, -0.2) is 45.7 Å². The molecule has 0 aromatic carbocycles. The van der Waals surface area contributed by atoms with Crippen molar-refractivity contribution in [2.75, 3.05) is 32.9 Å². The van der Waals surface area contributed by atoms with Crippen molar-refractivity contribution in [3.63, 3.8) is 0 Å². The second kappa shape index (κ2) is 6.16. The van der Waals surface area contributed by atoms with Gasteiger partial charge in [-0.15, -0.1) is 0 Å². The summed E-state index contributed by atoms with van der Waals surface area (Å²) in [5.74, 6) is 0.192. The van der Waals surface area contributed by atoms with E-state index in [1.54, 1.807) is 7.05 Å². The summed E-state index contributed by atoms with van der Waals surface area (Å²) in [6.07, 6.45) is 0.638. The molecule has 0 heterocycles. The first-order valence-electron chi connectivity index (χ1n) is 4.63. The molecule has 0 aliphatic rings. The highest BCUT2D eigenvalue weighted by molar-refractivity contribution is 7.89. The Balaban J connectivity index is 4.10. The van der Waals surface area contributed by atoms with Crippen LogP contribution in [0.2, 0.25) is 0 Å². The number of nitrogens with zero attached hydrogens (tertiary/aromatic N) is 1. The van der Waals surface area contributed by atoms with Crippen molar-refractivity contribution in [1.82, 2.24) is 9.62 Å².